The Hall–Kier alpha value is -1.62. The van der Waals surface area contributed by atoms with Gasteiger partial charge in [0.2, 0.25) is 0 Å². The van der Waals surface area contributed by atoms with Crippen LogP contribution in [-0.2, 0) is 0 Å². The van der Waals surface area contributed by atoms with Crippen LogP contribution in [0.25, 0.3) is 0 Å². The lowest BCUT2D eigenvalue weighted by Gasteiger charge is -2.33. The zero-order valence-electron chi connectivity index (χ0n) is 9.98. The Morgan fingerprint density at radius 3 is 2.65 bits per heavy atom. The maximum atomic E-state index is 12.1. The maximum Gasteiger partial charge on any atom is 0.270 e. The van der Waals surface area contributed by atoms with Gasteiger partial charge in [-0.1, -0.05) is 6.92 Å². The van der Waals surface area contributed by atoms with E-state index in [9.17, 15) is 9.59 Å². The van der Waals surface area contributed by atoms with E-state index < -0.39 is 0 Å². The third-order valence-electron chi connectivity index (χ3n) is 3.18. The van der Waals surface area contributed by atoms with Gasteiger partial charge in [0.1, 0.15) is 5.69 Å². The number of hydrogen-bond acceptors (Lipinski definition) is 3. The summed E-state index contributed by atoms with van der Waals surface area (Å²) in [4.78, 5) is 29.6. The number of hydrogen-bond donors (Lipinski definition) is 1. The van der Waals surface area contributed by atoms with Crippen molar-refractivity contribution >= 4 is 12.2 Å². The highest BCUT2D eigenvalue weighted by atomic mass is 16.2. The molecule has 0 spiro atoms. The molecule has 92 valence electrons. The van der Waals surface area contributed by atoms with Crippen molar-refractivity contribution in [2.24, 2.45) is 0 Å². The van der Waals surface area contributed by atoms with Crippen molar-refractivity contribution in [3.05, 3.63) is 23.5 Å². The quantitative estimate of drug-likeness (QED) is 0.781. The molecule has 2 heterocycles. The Bertz CT molecular complexity index is 406. The number of H-pyrrole nitrogens is 1. The number of rotatable bonds is 3. The largest absolute Gasteiger partial charge is 0.356 e. The normalized spacial score (nSPS) is 17.1. The van der Waals surface area contributed by atoms with Crippen molar-refractivity contribution in [2.45, 2.75) is 6.92 Å². The first kappa shape index (κ1) is 11.9. The molecule has 1 saturated heterocycles. The first-order chi connectivity index (χ1) is 8.24. The van der Waals surface area contributed by atoms with Gasteiger partial charge in [-0.2, -0.15) is 0 Å². The minimum atomic E-state index is -0.0196. The van der Waals surface area contributed by atoms with E-state index in [0.717, 1.165) is 39.0 Å². The molecule has 1 N–H and O–H groups in total. The Labute approximate surface area is 100 Å². The van der Waals surface area contributed by atoms with E-state index in [2.05, 4.69) is 16.8 Å². The number of carbonyl (C=O) groups excluding carboxylic acids is 2. The fourth-order valence-electron chi connectivity index (χ4n) is 2.04. The number of nitrogens with one attached hydrogen (secondary N) is 1. The van der Waals surface area contributed by atoms with E-state index in [1.807, 2.05) is 4.90 Å². The van der Waals surface area contributed by atoms with Gasteiger partial charge in [0.25, 0.3) is 5.91 Å². The number of aromatic amines is 1. The highest BCUT2D eigenvalue weighted by Gasteiger charge is 2.22. The van der Waals surface area contributed by atoms with Crippen molar-refractivity contribution in [3.63, 3.8) is 0 Å². The Morgan fingerprint density at radius 1 is 1.41 bits per heavy atom. The molecule has 1 fully saturated rings. The zero-order valence-corrected chi connectivity index (χ0v) is 9.98. The molecule has 0 saturated carbocycles. The van der Waals surface area contributed by atoms with Crippen LogP contribution in [0.3, 0.4) is 0 Å². The third-order valence-corrected chi connectivity index (χ3v) is 3.18. The summed E-state index contributed by atoms with van der Waals surface area (Å²) in [7, 11) is 0. The van der Waals surface area contributed by atoms with Gasteiger partial charge in [-0.05, 0) is 12.6 Å². The van der Waals surface area contributed by atoms with E-state index in [1.165, 1.54) is 0 Å². The van der Waals surface area contributed by atoms with Gasteiger partial charge in [0, 0.05) is 37.9 Å². The fourth-order valence-corrected chi connectivity index (χ4v) is 2.04. The lowest BCUT2D eigenvalue weighted by molar-refractivity contribution is 0.0638. The molecule has 5 heteroatoms. The minimum Gasteiger partial charge on any atom is -0.356 e. The summed E-state index contributed by atoms with van der Waals surface area (Å²) in [5, 5.41) is 0. The molecule has 0 radical (unpaired) electrons. The Kier molecular flexibility index (Phi) is 3.58. The van der Waals surface area contributed by atoms with Gasteiger partial charge in [-0.25, -0.2) is 0 Å². The van der Waals surface area contributed by atoms with Crippen LogP contribution >= 0.6 is 0 Å². The molecule has 1 aromatic rings. The first-order valence-corrected chi connectivity index (χ1v) is 5.90. The summed E-state index contributed by atoms with van der Waals surface area (Å²) < 4.78 is 0. The van der Waals surface area contributed by atoms with E-state index >= 15 is 0 Å². The molecule has 1 aliphatic rings. The van der Waals surface area contributed by atoms with E-state index in [0.29, 0.717) is 11.3 Å². The van der Waals surface area contributed by atoms with Crippen LogP contribution in [0.15, 0.2) is 12.3 Å². The summed E-state index contributed by atoms with van der Waals surface area (Å²) >= 11 is 0. The molecule has 5 nitrogen and oxygen atoms in total. The molecule has 17 heavy (non-hydrogen) atoms. The molecular formula is C12H17N3O2. The second-order valence-corrected chi connectivity index (χ2v) is 4.19. The molecule has 1 amide bonds. The molecule has 0 aromatic carbocycles. The highest BCUT2D eigenvalue weighted by molar-refractivity contribution is 5.94. The number of amides is 1. The van der Waals surface area contributed by atoms with Gasteiger partial charge >= 0.3 is 0 Å². The van der Waals surface area contributed by atoms with Gasteiger partial charge < -0.3 is 14.8 Å². The molecule has 1 aliphatic heterocycles. The maximum absolute atomic E-state index is 12.1. The number of carbonyl (C=O) groups is 2. The first-order valence-electron chi connectivity index (χ1n) is 5.90. The van der Waals surface area contributed by atoms with Gasteiger partial charge in [-0.3, -0.25) is 9.59 Å². The van der Waals surface area contributed by atoms with Gasteiger partial charge in [0.05, 0.1) is 0 Å². The van der Waals surface area contributed by atoms with Crippen LogP contribution in [0, 0.1) is 0 Å². The topological polar surface area (TPSA) is 56.4 Å². The predicted molar refractivity (Wildman–Crippen MR) is 64.2 cm³/mol. The van der Waals surface area contributed by atoms with Crippen molar-refractivity contribution in [1.82, 2.24) is 14.8 Å². The number of likely N-dealkylation sites (N-methyl/N-ethyl adjacent to an activating group) is 1. The summed E-state index contributed by atoms with van der Waals surface area (Å²) in [6.07, 6.45) is 2.30. The minimum absolute atomic E-state index is 0.0196. The third kappa shape index (κ3) is 2.55. The average molecular weight is 235 g/mol. The van der Waals surface area contributed by atoms with Crippen LogP contribution in [0.1, 0.15) is 27.8 Å². The monoisotopic (exact) mass is 235 g/mol. The Balaban J connectivity index is 1.99. The second-order valence-electron chi connectivity index (χ2n) is 4.19. The van der Waals surface area contributed by atoms with Crippen LogP contribution in [0.2, 0.25) is 0 Å². The highest BCUT2D eigenvalue weighted by Crippen LogP contribution is 2.08. The van der Waals surface area contributed by atoms with Crippen molar-refractivity contribution in [3.8, 4) is 0 Å². The van der Waals surface area contributed by atoms with Crippen molar-refractivity contribution < 1.29 is 9.59 Å². The standard InChI is InChI=1S/C12H17N3O2/c1-2-14-3-5-15(6-4-14)12(17)11-7-10(9-16)8-13-11/h7-9,13H,2-6H2,1H3. The number of aromatic nitrogens is 1. The molecule has 1 aromatic heterocycles. The predicted octanol–water partition coefficient (Wildman–Crippen LogP) is 0.605. The lowest BCUT2D eigenvalue weighted by Crippen LogP contribution is -2.48. The second kappa shape index (κ2) is 5.14. The van der Waals surface area contributed by atoms with Crippen molar-refractivity contribution in [1.29, 1.82) is 0 Å². The van der Waals surface area contributed by atoms with Crippen LogP contribution in [0.4, 0.5) is 0 Å². The van der Waals surface area contributed by atoms with Gasteiger partial charge in [-0.15, -0.1) is 0 Å². The van der Waals surface area contributed by atoms with Crippen LogP contribution in [0.5, 0.6) is 0 Å². The smallest absolute Gasteiger partial charge is 0.270 e. The van der Waals surface area contributed by atoms with Gasteiger partial charge in [0.15, 0.2) is 6.29 Å². The SMILES string of the molecule is CCN1CCN(C(=O)c2cc(C=O)c[nH]2)CC1. The van der Waals surface area contributed by atoms with Crippen molar-refractivity contribution in [2.75, 3.05) is 32.7 Å². The molecule has 0 atom stereocenters. The number of aldehydes is 1. The Morgan fingerprint density at radius 2 is 2.12 bits per heavy atom. The van der Waals surface area contributed by atoms with E-state index in [4.69, 9.17) is 0 Å². The summed E-state index contributed by atoms with van der Waals surface area (Å²) in [6, 6.07) is 1.60. The number of piperazine rings is 1. The fraction of sp³-hybridized carbons (Fsp3) is 0.500. The van der Waals surface area contributed by atoms with Crippen LogP contribution < -0.4 is 0 Å². The van der Waals surface area contributed by atoms with E-state index in [1.54, 1.807) is 12.3 Å². The van der Waals surface area contributed by atoms with Crippen LogP contribution in [-0.4, -0.2) is 59.7 Å². The zero-order chi connectivity index (χ0) is 12.3. The van der Waals surface area contributed by atoms with E-state index in [-0.39, 0.29) is 5.91 Å². The molecule has 0 bridgehead atoms. The molecule has 0 aliphatic carbocycles. The molecule has 2 rings (SSSR count). The lowest BCUT2D eigenvalue weighted by atomic mass is 10.2. The molecular weight excluding hydrogens is 218 g/mol. The summed E-state index contributed by atoms with van der Waals surface area (Å²) in [5.74, 6) is -0.0196. The average Bonchev–Trinajstić information content (AvgIpc) is 2.87. The summed E-state index contributed by atoms with van der Waals surface area (Å²) in [5.41, 5.74) is 1.01. The number of nitrogens with zero attached hydrogens (tertiary/aromatic N) is 2. The summed E-state index contributed by atoms with van der Waals surface area (Å²) in [6.45, 7) is 6.50. The molecule has 0 unspecified atom stereocenters.